The Hall–Kier alpha value is -1.43. The van der Waals surface area contributed by atoms with E-state index in [1.54, 1.807) is 0 Å². The molecule has 0 spiro atoms. The van der Waals surface area contributed by atoms with E-state index in [0.717, 1.165) is 11.1 Å². The molecule has 21 heavy (non-hydrogen) atoms. The summed E-state index contributed by atoms with van der Waals surface area (Å²) in [6, 6.07) is 7.57. The van der Waals surface area contributed by atoms with Crippen LogP contribution in [0.4, 0.5) is 0 Å². The molecule has 0 aromatic heterocycles. The number of hydrogen-bond donors (Lipinski definition) is 3. The van der Waals surface area contributed by atoms with E-state index in [2.05, 4.69) is 19.2 Å². The van der Waals surface area contributed by atoms with Gasteiger partial charge in [0.05, 0.1) is 12.6 Å². The molecule has 1 unspecified atom stereocenters. The summed E-state index contributed by atoms with van der Waals surface area (Å²) in [5, 5.41) is 13.0. The fraction of sp³-hybridized carbons (Fsp3) is 0.562. The molecule has 118 valence electrons. The van der Waals surface area contributed by atoms with Crippen molar-refractivity contribution in [2.45, 2.75) is 26.5 Å². The molecule has 0 fully saturated rings. The Bertz CT molecular complexity index is 432. The van der Waals surface area contributed by atoms with Gasteiger partial charge in [-0.2, -0.15) is 0 Å². The second-order valence-corrected chi connectivity index (χ2v) is 5.86. The summed E-state index contributed by atoms with van der Waals surface area (Å²) < 4.78 is 0. The van der Waals surface area contributed by atoms with Gasteiger partial charge in [-0.05, 0) is 24.1 Å². The summed E-state index contributed by atoms with van der Waals surface area (Å²) in [5.41, 5.74) is 7.42. The van der Waals surface area contributed by atoms with Crippen LogP contribution < -0.4 is 11.1 Å². The third kappa shape index (κ3) is 6.71. The number of aliphatic hydroxyl groups excluding tert-OH is 1. The molecule has 0 aliphatic heterocycles. The average Bonchev–Trinajstić information content (AvgIpc) is 2.45. The third-order valence-corrected chi connectivity index (χ3v) is 3.21. The maximum atomic E-state index is 11.7. The average molecular weight is 293 g/mol. The predicted octanol–water partition coefficient (Wildman–Crippen LogP) is 0.883. The van der Waals surface area contributed by atoms with Crippen LogP contribution in [0, 0.1) is 5.92 Å². The number of carbonyl (C=O) groups is 1. The van der Waals surface area contributed by atoms with E-state index >= 15 is 0 Å². The first-order chi connectivity index (χ1) is 9.92. The molecule has 1 atom stereocenters. The van der Waals surface area contributed by atoms with E-state index in [1.165, 1.54) is 0 Å². The number of hydrogen-bond acceptors (Lipinski definition) is 4. The lowest BCUT2D eigenvalue weighted by Gasteiger charge is -2.20. The molecule has 0 saturated heterocycles. The highest BCUT2D eigenvalue weighted by atomic mass is 16.3. The quantitative estimate of drug-likeness (QED) is 0.665. The molecule has 1 aromatic carbocycles. The number of carbonyl (C=O) groups excluding carboxylic acids is 1. The summed E-state index contributed by atoms with van der Waals surface area (Å²) in [5.74, 6) is 0.419. The Morgan fingerprint density at radius 1 is 1.33 bits per heavy atom. The largest absolute Gasteiger partial charge is 0.387 e. The monoisotopic (exact) mass is 293 g/mol. The minimum atomic E-state index is -0.611. The SMILES string of the molecule is CC(C)CNC(=O)CN(C)CC(O)c1ccc(CN)cc1. The number of benzene rings is 1. The highest BCUT2D eigenvalue weighted by Crippen LogP contribution is 2.14. The molecule has 5 nitrogen and oxygen atoms in total. The van der Waals surface area contributed by atoms with Crippen molar-refractivity contribution in [1.29, 1.82) is 0 Å². The lowest BCUT2D eigenvalue weighted by atomic mass is 10.1. The van der Waals surface area contributed by atoms with Crippen LogP contribution in [-0.2, 0) is 11.3 Å². The van der Waals surface area contributed by atoms with Gasteiger partial charge in [0.2, 0.25) is 5.91 Å². The van der Waals surface area contributed by atoms with Crippen LogP contribution in [0.3, 0.4) is 0 Å². The lowest BCUT2D eigenvalue weighted by molar-refractivity contribution is -0.122. The zero-order valence-corrected chi connectivity index (χ0v) is 13.2. The zero-order chi connectivity index (χ0) is 15.8. The molecule has 0 bridgehead atoms. The van der Waals surface area contributed by atoms with Gasteiger partial charge in [-0.3, -0.25) is 9.69 Å². The molecule has 0 heterocycles. The van der Waals surface area contributed by atoms with Crippen molar-refractivity contribution in [2.24, 2.45) is 11.7 Å². The van der Waals surface area contributed by atoms with E-state index in [0.29, 0.717) is 25.6 Å². The first kappa shape index (κ1) is 17.6. The maximum Gasteiger partial charge on any atom is 0.234 e. The van der Waals surface area contributed by atoms with E-state index in [1.807, 2.05) is 36.2 Å². The van der Waals surface area contributed by atoms with Crippen molar-refractivity contribution >= 4 is 5.91 Å². The topological polar surface area (TPSA) is 78.6 Å². The maximum absolute atomic E-state index is 11.7. The van der Waals surface area contributed by atoms with Crippen molar-refractivity contribution in [1.82, 2.24) is 10.2 Å². The Balaban J connectivity index is 2.42. The number of nitrogens with one attached hydrogen (secondary N) is 1. The summed E-state index contributed by atoms with van der Waals surface area (Å²) in [6.07, 6.45) is -0.611. The molecule has 1 amide bonds. The van der Waals surface area contributed by atoms with Gasteiger partial charge in [-0.1, -0.05) is 38.1 Å². The van der Waals surface area contributed by atoms with E-state index < -0.39 is 6.10 Å². The van der Waals surface area contributed by atoms with Crippen molar-refractivity contribution in [3.8, 4) is 0 Å². The first-order valence-corrected chi connectivity index (χ1v) is 7.34. The van der Waals surface area contributed by atoms with Gasteiger partial charge in [0, 0.05) is 19.6 Å². The van der Waals surface area contributed by atoms with Gasteiger partial charge >= 0.3 is 0 Å². The van der Waals surface area contributed by atoms with Crippen molar-refractivity contribution in [3.05, 3.63) is 35.4 Å². The number of rotatable bonds is 8. The molecule has 0 radical (unpaired) electrons. The highest BCUT2D eigenvalue weighted by Gasteiger charge is 2.13. The summed E-state index contributed by atoms with van der Waals surface area (Å²) >= 11 is 0. The van der Waals surface area contributed by atoms with Crippen molar-refractivity contribution in [2.75, 3.05) is 26.7 Å². The van der Waals surface area contributed by atoms with Crippen molar-refractivity contribution < 1.29 is 9.90 Å². The predicted molar refractivity (Wildman–Crippen MR) is 84.6 cm³/mol. The second kappa shape index (κ2) is 8.77. The number of aliphatic hydroxyl groups is 1. The molecule has 1 aromatic rings. The Kier molecular flexibility index (Phi) is 7.36. The Labute approximate surface area is 127 Å². The number of likely N-dealkylation sites (N-methyl/N-ethyl adjacent to an activating group) is 1. The highest BCUT2D eigenvalue weighted by molar-refractivity contribution is 5.77. The van der Waals surface area contributed by atoms with Gasteiger partial charge in [-0.25, -0.2) is 0 Å². The molecule has 1 rings (SSSR count). The van der Waals surface area contributed by atoms with Crippen LogP contribution >= 0.6 is 0 Å². The van der Waals surface area contributed by atoms with Crippen LogP contribution in [0.15, 0.2) is 24.3 Å². The molecule has 5 heteroatoms. The fourth-order valence-electron chi connectivity index (χ4n) is 1.96. The minimum Gasteiger partial charge on any atom is -0.387 e. The molecule has 0 saturated carbocycles. The van der Waals surface area contributed by atoms with Crippen LogP contribution in [0.25, 0.3) is 0 Å². The Morgan fingerprint density at radius 3 is 2.48 bits per heavy atom. The Morgan fingerprint density at radius 2 is 1.95 bits per heavy atom. The molecule has 0 aliphatic carbocycles. The summed E-state index contributed by atoms with van der Waals surface area (Å²) in [7, 11) is 1.83. The smallest absolute Gasteiger partial charge is 0.234 e. The van der Waals surface area contributed by atoms with E-state index in [4.69, 9.17) is 5.73 Å². The summed E-state index contributed by atoms with van der Waals surface area (Å²) in [4.78, 5) is 13.5. The van der Waals surface area contributed by atoms with Crippen LogP contribution in [-0.4, -0.2) is 42.6 Å². The molecular formula is C16H27N3O2. The fourth-order valence-corrected chi connectivity index (χ4v) is 1.96. The molecule has 4 N–H and O–H groups in total. The summed E-state index contributed by atoms with van der Waals surface area (Å²) in [6.45, 7) is 5.97. The lowest BCUT2D eigenvalue weighted by Crippen LogP contribution is -2.38. The first-order valence-electron chi connectivity index (χ1n) is 7.34. The number of nitrogens with two attached hydrogens (primary N) is 1. The normalized spacial score (nSPS) is 12.7. The van der Waals surface area contributed by atoms with E-state index in [-0.39, 0.29) is 12.5 Å². The van der Waals surface area contributed by atoms with Gasteiger partial charge in [0.1, 0.15) is 0 Å². The number of amides is 1. The molecular weight excluding hydrogens is 266 g/mol. The minimum absolute atomic E-state index is 0.0168. The number of nitrogens with zero attached hydrogens (tertiary/aromatic N) is 1. The second-order valence-electron chi connectivity index (χ2n) is 5.86. The standard InChI is InChI=1S/C16H27N3O2/c1-12(2)9-18-16(21)11-19(3)10-15(20)14-6-4-13(8-17)5-7-14/h4-7,12,15,20H,8-11,17H2,1-3H3,(H,18,21). The molecule has 0 aliphatic rings. The van der Waals surface area contributed by atoms with Crippen molar-refractivity contribution in [3.63, 3.8) is 0 Å². The van der Waals surface area contributed by atoms with Gasteiger partial charge in [-0.15, -0.1) is 0 Å². The van der Waals surface area contributed by atoms with Crippen LogP contribution in [0.1, 0.15) is 31.1 Å². The van der Waals surface area contributed by atoms with Crippen LogP contribution in [0.2, 0.25) is 0 Å². The van der Waals surface area contributed by atoms with Gasteiger partial charge in [0.25, 0.3) is 0 Å². The van der Waals surface area contributed by atoms with E-state index in [9.17, 15) is 9.90 Å². The van der Waals surface area contributed by atoms with Gasteiger partial charge in [0.15, 0.2) is 0 Å². The van der Waals surface area contributed by atoms with Gasteiger partial charge < -0.3 is 16.2 Å². The third-order valence-electron chi connectivity index (χ3n) is 3.21. The zero-order valence-electron chi connectivity index (χ0n) is 13.2. The van der Waals surface area contributed by atoms with Crippen LogP contribution in [0.5, 0.6) is 0 Å².